The van der Waals surface area contributed by atoms with Crippen LogP contribution in [0.2, 0.25) is 0 Å². The van der Waals surface area contributed by atoms with Crippen LogP contribution in [0.3, 0.4) is 0 Å². The number of nitrogens with one attached hydrogen (secondary N) is 1. The highest BCUT2D eigenvalue weighted by Gasteiger charge is 2.33. The SMILES string of the molecule is COc1ccccc1NC(=O)CN1CCC(N)C(C)(C)C1.Cl. The molecule has 1 aromatic rings. The zero-order valence-corrected chi connectivity index (χ0v) is 14.3. The topological polar surface area (TPSA) is 67.6 Å². The third-order valence-corrected chi connectivity index (χ3v) is 4.14. The number of amides is 1. The highest BCUT2D eigenvalue weighted by atomic mass is 35.5. The second-order valence-electron chi connectivity index (χ2n) is 6.34. The molecule has 3 N–H and O–H groups in total. The highest BCUT2D eigenvalue weighted by Crippen LogP contribution is 2.28. The molecule has 1 amide bonds. The van der Waals surface area contributed by atoms with Crippen molar-refractivity contribution in [3.8, 4) is 5.75 Å². The van der Waals surface area contributed by atoms with Crippen LogP contribution in [0.1, 0.15) is 20.3 Å². The summed E-state index contributed by atoms with van der Waals surface area (Å²) in [5.41, 5.74) is 6.87. The smallest absolute Gasteiger partial charge is 0.238 e. The molecular weight excluding hydrogens is 302 g/mol. The van der Waals surface area contributed by atoms with Crippen LogP contribution in [0, 0.1) is 5.41 Å². The first kappa shape index (κ1) is 18.7. The molecule has 6 heteroatoms. The quantitative estimate of drug-likeness (QED) is 0.889. The molecule has 0 bridgehead atoms. The second-order valence-corrected chi connectivity index (χ2v) is 6.34. The lowest BCUT2D eigenvalue weighted by molar-refractivity contribution is -0.118. The molecule has 1 heterocycles. The van der Waals surface area contributed by atoms with Crippen LogP contribution >= 0.6 is 12.4 Å². The van der Waals surface area contributed by atoms with E-state index in [-0.39, 0.29) is 29.8 Å². The number of ether oxygens (including phenoxy) is 1. The van der Waals surface area contributed by atoms with E-state index in [9.17, 15) is 4.79 Å². The van der Waals surface area contributed by atoms with E-state index < -0.39 is 0 Å². The number of halogens is 1. The van der Waals surface area contributed by atoms with Crippen molar-refractivity contribution in [2.24, 2.45) is 11.1 Å². The average molecular weight is 328 g/mol. The number of carbonyl (C=O) groups is 1. The number of para-hydroxylation sites is 2. The molecule has 1 saturated heterocycles. The molecule has 2 rings (SSSR count). The predicted octanol–water partition coefficient (Wildman–Crippen LogP) is 2.11. The third-order valence-electron chi connectivity index (χ3n) is 4.14. The molecule has 0 aromatic heterocycles. The Morgan fingerprint density at radius 2 is 2.14 bits per heavy atom. The van der Waals surface area contributed by atoms with Crippen molar-refractivity contribution in [3.63, 3.8) is 0 Å². The largest absolute Gasteiger partial charge is 0.495 e. The number of nitrogens with zero attached hydrogens (tertiary/aromatic N) is 1. The molecule has 0 radical (unpaired) electrons. The molecule has 0 aliphatic carbocycles. The maximum Gasteiger partial charge on any atom is 0.238 e. The second kappa shape index (κ2) is 7.81. The molecule has 1 unspecified atom stereocenters. The summed E-state index contributed by atoms with van der Waals surface area (Å²) >= 11 is 0. The van der Waals surface area contributed by atoms with Crippen molar-refractivity contribution in [1.29, 1.82) is 0 Å². The number of carbonyl (C=O) groups excluding carboxylic acids is 1. The Labute approximate surface area is 138 Å². The first-order chi connectivity index (χ1) is 9.92. The van der Waals surface area contributed by atoms with Gasteiger partial charge in [0.2, 0.25) is 5.91 Å². The molecule has 1 fully saturated rings. The van der Waals surface area contributed by atoms with Gasteiger partial charge in [-0.15, -0.1) is 12.4 Å². The van der Waals surface area contributed by atoms with Gasteiger partial charge in [0, 0.05) is 19.1 Å². The molecule has 1 aromatic carbocycles. The van der Waals surface area contributed by atoms with Crippen molar-refractivity contribution in [2.45, 2.75) is 26.3 Å². The van der Waals surface area contributed by atoms with E-state index in [1.807, 2.05) is 24.3 Å². The molecular formula is C16H26ClN3O2. The van der Waals surface area contributed by atoms with Gasteiger partial charge in [-0.3, -0.25) is 9.69 Å². The lowest BCUT2D eigenvalue weighted by Crippen LogP contribution is -2.53. The fourth-order valence-corrected chi connectivity index (χ4v) is 2.76. The van der Waals surface area contributed by atoms with Crippen LogP contribution in [0.4, 0.5) is 5.69 Å². The summed E-state index contributed by atoms with van der Waals surface area (Å²) in [6.45, 7) is 6.40. The molecule has 5 nitrogen and oxygen atoms in total. The summed E-state index contributed by atoms with van der Waals surface area (Å²) in [5, 5.41) is 2.91. The zero-order valence-electron chi connectivity index (χ0n) is 13.5. The van der Waals surface area contributed by atoms with Gasteiger partial charge in [0.25, 0.3) is 0 Å². The first-order valence-corrected chi connectivity index (χ1v) is 7.33. The maximum atomic E-state index is 12.2. The van der Waals surface area contributed by atoms with E-state index in [1.165, 1.54) is 0 Å². The van der Waals surface area contributed by atoms with Crippen LogP contribution < -0.4 is 15.8 Å². The van der Waals surface area contributed by atoms with E-state index in [4.69, 9.17) is 10.5 Å². The maximum absolute atomic E-state index is 12.2. The summed E-state index contributed by atoms with van der Waals surface area (Å²) < 4.78 is 5.24. The normalized spacial score (nSPS) is 20.8. The number of anilines is 1. The van der Waals surface area contributed by atoms with Gasteiger partial charge in [0.1, 0.15) is 5.75 Å². The van der Waals surface area contributed by atoms with E-state index in [2.05, 4.69) is 24.1 Å². The summed E-state index contributed by atoms with van der Waals surface area (Å²) in [5.74, 6) is 0.651. The number of hydrogen-bond acceptors (Lipinski definition) is 4. The van der Waals surface area contributed by atoms with Crippen LogP contribution in [-0.4, -0.2) is 43.6 Å². The Morgan fingerprint density at radius 1 is 1.45 bits per heavy atom. The Kier molecular flexibility index (Phi) is 6.66. The van der Waals surface area contributed by atoms with Crippen molar-refractivity contribution < 1.29 is 9.53 Å². The fourth-order valence-electron chi connectivity index (χ4n) is 2.76. The number of rotatable bonds is 4. The summed E-state index contributed by atoms with van der Waals surface area (Å²) in [7, 11) is 1.60. The summed E-state index contributed by atoms with van der Waals surface area (Å²) in [6.07, 6.45) is 0.926. The fraction of sp³-hybridized carbons (Fsp3) is 0.562. The van der Waals surface area contributed by atoms with Crippen LogP contribution in [-0.2, 0) is 4.79 Å². The summed E-state index contributed by atoms with van der Waals surface area (Å²) in [6, 6.07) is 7.63. The van der Waals surface area contributed by atoms with Crippen molar-refractivity contribution in [2.75, 3.05) is 32.1 Å². The average Bonchev–Trinajstić information content (AvgIpc) is 2.43. The van der Waals surface area contributed by atoms with Gasteiger partial charge in [-0.2, -0.15) is 0 Å². The Hall–Kier alpha value is -1.30. The molecule has 1 aliphatic rings. The lowest BCUT2D eigenvalue weighted by atomic mass is 9.80. The van der Waals surface area contributed by atoms with E-state index in [0.717, 1.165) is 19.5 Å². The summed E-state index contributed by atoms with van der Waals surface area (Å²) in [4.78, 5) is 14.4. The molecule has 1 atom stereocenters. The standard InChI is InChI=1S/C16H25N3O2.ClH/c1-16(2)11-19(9-8-14(16)17)10-15(20)18-12-6-4-5-7-13(12)21-3;/h4-7,14H,8-11,17H2,1-3H3,(H,18,20);1H. The predicted molar refractivity (Wildman–Crippen MR) is 91.7 cm³/mol. The molecule has 124 valence electrons. The van der Waals surface area contributed by atoms with E-state index >= 15 is 0 Å². The third kappa shape index (κ3) is 4.60. The van der Waals surface area contributed by atoms with E-state index in [0.29, 0.717) is 18.0 Å². The minimum absolute atomic E-state index is 0. The first-order valence-electron chi connectivity index (χ1n) is 7.33. The van der Waals surface area contributed by atoms with Crippen molar-refractivity contribution in [1.82, 2.24) is 4.90 Å². The Balaban J connectivity index is 0.00000242. The van der Waals surface area contributed by atoms with Crippen LogP contribution in [0.5, 0.6) is 5.75 Å². The van der Waals surface area contributed by atoms with Crippen molar-refractivity contribution >= 4 is 24.0 Å². The van der Waals surface area contributed by atoms with Gasteiger partial charge < -0.3 is 15.8 Å². The molecule has 22 heavy (non-hydrogen) atoms. The number of nitrogens with two attached hydrogens (primary N) is 1. The van der Waals surface area contributed by atoms with E-state index in [1.54, 1.807) is 7.11 Å². The Bertz CT molecular complexity index is 508. The zero-order chi connectivity index (χ0) is 15.5. The van der Waals surface area contributed by atoms with Gasteiger partial charge in [-0.05, 0) is 24.0 Å². The van der Waals surface area contributed by atoms with Crippen LogP contribution in [0.25, 0.3) is 0 Å². The van der Waals surface area contributed by atoms with Gasteiger partial charge >= 0.3 is 0 Å². The van der Waals surface area contributed by atoms with Gasteiger partial charge in [-0.25, -0.2) is 0 Å². The molecule has 1 aliphatic heterocycles. The van der Waals surface area contributed by atoms with Gasteiger partial charge in [0.05, 0.1) is 19.3 Å². The van der Waals surface area contributed by atoms with Gasteiger partial charge in [0.15, 0.2) is 0 Å². The number of piperidine rings is 1. The van der Waals surface area contributed by atoms with Crippen molar-refractivity contribution in [3.05, 3.63) is 24.3 Å². The number of likely N-dealkylation sites (tertiary alicyclic amines) is 1. The monoisotopic (exact) mass is 327 g/mol. The highest BCUT2D eigenvalue weighted by molar-refractivity contribution is 5.93. The number of benzene rings is 1. The van der Waals surface area contributed by atoms with Crippen LogP contribution in [0.15, 0.2) is 24.3 Å². The number of methoxy groups -OCH3 is 1. The minimum atomic E-state index is -0.0224. The lowest BCUT2D eigenvalue weighted by Gasteiger charge is -2.42. The molecule has 0 saturated carbocycles. The number of hydrogen-bond donors (Lipinski definition) is 2. The minimum Gasteiger partial charge on any atom is -0.495 e. The Morgan fingerprint density at radius 3 is 2.77 bits per heavy atom. The molecule has 0 spiro atoms. The van der Waals surface area contributed by atoms with Gasteiger partial charge in [-0.1, -0.05) is 26.0 Å².